The van der Waals surface area contributed by atoms with E-state index in [2.05, 4.69) is 13.8 Å². The first-order chi connectivity index (χ1) is 10.0. The van der Waals surface area contributed by atoms with Gasteiger partial charge in [0.25, 0.3) is 11.5 Å². The van der Waals surface area contributed by atoms with Crippen LogP contribution in [0.15, 0.2) is 34.4 Å². The van der Waals surface area contributed by atoms with Crippen molar-refractivity contribution in [2.24, 2.45) is 11.8 Å². The average molecular weight is 305 g/mol. The van der Waals surface area contributed by atoms with E-state index in [0.717, 1.165) is 17.0 Å². The molecule has 0 saturated heterocycles. The molecule has 6 heteroatoms. The highest BCUT2D eigenvalue weighted by molar-refractivity contribution is 7.13. The smallest absolute Gasteiger partial charge is 0.270 e. The highest BCUT2D eigenvalue weighted by Crippen LogP contribution is 2.24. The Morgan fingerprint density at radius 3 is 2.71 bits per heavy atom. The summed E-state index contributed by atoms with van der Waals surface area (Å²) >= 11 is 1.57. The Bertz CT molecular complexity index is 675. The summed E-state index contributed by atoms with van der Waals surface area (Å²) in [6.45, 7) is 4.79. The van der Waals surface area contributed by atoms with Crippen LogP contribution in [0, 0.1) is 5.92 Å². The van der Waals surface area contributed by atoms with Gasteiger partial charge in [0, 0.05) is 6.54 Å². The lowest BCUT2D eigenvalue weighted by Gasteiger charge is -2.14. The second-order valence-electron chi connectivity index (χ2n) is 5.22. The topological polar surface area (TPSA) is 77.1 Å². The van der Waals surface area contributed by atoms with E-state index in [9.17, 15) is 9.59 Å². The maximum atomic E-state index is 12.5. The Morgan fingerprint density at radius 1 is 1.38 bits per heavy atom. The van der Waals surface area contributed by atoms with E-state index in [1.165, 1.54) is 6.07 Å². The molecule has 2 aromatic heterocycles. The maximum Gasteiger partial charge on any atom is 0.270 e. The van der Waals surface area contributed by atoms with Crippen molar-refractivity contribution >= 4 is 17.2 Å². The third-order valence-electron chi connectivity index (χ3n) is 3.25. The second-order valence-corrected chi connectivity index (χ2v) is 6.17. The number of hydrogen-bond acceptors (Lipinski definition) is 4. The number of carbonyl (C=O) groups excluding carboxylic acids is 1. The van der Waals surface area contributed by atoms with Crippen molar-refractivity contribution in [2.75, 3.05) is 0 Å². The molecule has 0 unspecified atom stereocenters. The lowest BCUT2D eigenvalue weighted by molar-refractivity contribution is 0.0951. The van der Waals surface area contributed by atoms with E-state index in [1.807, 2.05) is 22.9 Å². The summed E-state index contributed by atoms with van der Waals surface area (Å²) in [5.41, 5.74) is 2.63. The van der Waals surface area contributed by atoms with Crippen LogP contribution in [0.3, 0.4) is 0 Å². The van der Waals surface area contributed by atoms with Crippen molar-refractivity contribution in [3.05, 3.63) is 45.6 Å². The van der Waals surface area contributed by atoms with Gasteiger partial charge in [-0.3, -0.25) is 15.0 Å². The lowest BCUT2D eigenvalue weighted by atomic mass is 10.1. The van der Waals surface area contributed by atoms with Crippen molar-refractivity contribution in [3.8, 4) is 10.6 Å². The number of nitrogens with one attached hydrogen (secondary N) is 1. The van der Waals surface area contributed by atoms with Gasteiger partial charge in [-0.15, -0.1) is 11.3 Å². The molecule has 21 heavy (non-hydrogen) atoms. The van der Waals surface area contributed by atoms with E-state index < -0.39 is 5.91 Å². The van der Waals surface area contributed by atoms with Crippen LogP contribution in [-0.4, -0.2) is 10.5 Å². The van der Waals surface area contributed by atoms with Crippen LogP contribution in [0.1, 0.15) is 30.6 Å². The van der Waals surface area contributed by atoms with Gasteiger partial charge in [-0.25, -0.2) is 5.84 Å². The van der Waals surface area contributed by atoms with Crippen LogP contribution in [0.5, 0.6) is 0 Å². The molecule has 0 aliphatic heterocycles. The highest BCUT2D eigenvalue weighted by Gasteiger charge is 2.15. The molecule has 0 fully saturated rings. The van der Waals surface area contributed by atoms with E-state index in [1.54, 1.807) is 22.0 Å². The molecular weight excluding hydrogens is 286 g/mol. The van der Waals surface area contributed by atoms with Gasteiger partial charge in [-0.1, -0.05) is 19.9 Å². The number of thiophene rings is 1. The number of carbonyl (C=O) groups is 1. The molecule has 0 radical (unpaired) electrons. The van der Waals surface area contributed by atoms with Gasteiger partial charge in [-0.2, -0.15) is 0 Å². The number of nitrogens with zero attached hydrogens (tertiary/aromatic N) is 1. The summed E-state index contributed by atoms with van der Waals surface area (Å²) in [4.78, 5) is 25.2. The molecule has 112 valence electrons. The molecule has 0 aliphatic rings. The van der Waals surface area contributed by atoms with Gasteiger partial charge in [0.2, 0.25) is 0 Å². The van der Waals surface area contributed by atoms with Gasteiger partial charge in [-0.05, 0) is 35.9 Å². The molecule has 2 aromatic rings. The Morgan fingerprint density at radius 2 is 2.14 bits per heavy atom. The summed E-state index contributed by atoms with van der Waals surface area (Å²) in [6.07, 6.45) is 0.867. The van der Waals surface area contributed by atoms with Crippen molar-refractivity contribution in [2.45, 2.75) is 26.8 Å². The molecule has 0 aromatic carbocycles. The fourth-order valence-corrected chi connectivity index (χ4v) is 2.84. The number of pyridine rings is 1. The van der Waals surface area contributed by atoms with E-state index in [4.69, 9.17) is 5.84 Å². The van der Waals surface area contributed by atoms with Crippen LogP contribution >= 0.6 is 11.3 Å². The first kappa shape index (κ1) is 15.5. The zero-order valence-corrected chi connectivity index (χ0v) is 12.9. The molecular formula is C15H19N3O2S. The van der Waals surface area contributed by atoms with Crippen molar-refractivity contribution in [3.63, 3.8) is 0 Å². The lowest BCUT2D eigenvalue weighted by Crippen LogP contribution is -2.37. The fourth-order valence-electron chi connectivity index (χ4n) is 2.08. The number of hydrazine groups is 1. The third kappa shape index (κ3) is 3.40. The van der Waals surface area contributed by atoms with Crippen LogP contribution < -0.4 is 16.8 Å². The van der Waals surface area contributed by atoms with E-state index in [0.29, 0.717) is 12.5 Å². The molecule has 2 rings (SSSR count). The second kappa shape index (κ2) is 6.69. The summed E-state index contributed by atoms with van der Waals surface area (Å²) in [5, 5.41) is 1.97. The Labute approximate surface area is 127 Å². The zero-order chi connectivity index (χ0) is 15.4. The first-order valence-electron chi connectivity index (χ1n) is 6.83. The number of aromatic nitrogens is 1. The van der Waals surface area contributed by atoms with Crippen molar-refractivity contribution in [1.29, 1.82) is 0 Å². The van der Waals surface area contributed by atoms with E-state index in [-0.39, 0.29) is 11.1 Å². The number of rotatable bonds is 5. The number of nitrogen functional groups attached to an aromatic ring is 1. The SMILES string of the molecule is CC(C)CCn1c(-c2cccs2)ccc(C(=O)NN)c1=O. The van der Waals surface area contributed by atoms with Gasteiger partial charge >= 0.3 is 0 Å². The minimum absolute atomic E-state index is 0.0709. The van der Waals surface area contributed by atoms with Gasteiger partial charge in [0.05, 0.1) is 10.6 Å². The third-order valence-corrected chi connectivity index (χ3v) is 4.15. The standard InChI is InChI=1S/C15H19N3O2S/c1-10(2)7-8-18-12(13-4-3-9-21-13)6-5-11(15(18)20)14(19)17-16/h3-6,9-10H,7-8,16H2,1-2H3,(H,17,19). The summed E-state index contributed by atoms with van der Waals surface area (Å²) in [6, 6.07) is 7.25. The molecule has 0 atom stereocenters. The van der Waals surface area contributed by atoms with E-state index >= 15 is 0 Å². The first-order valence-corrected chi connectivity index (χ1v) is 7.71. The normalized spacial score (nSPS) is 10.9. The molecule has 5 nitrogen and oxygen atoms in total. The molecule has 0 bridgehead atoms. The average Bonchev–Trinajstić information content (AvgIpc) is 2.98. The number of amides is 1. The zero-order valence-electron chi connectivity index (χ0n) is 12.1. The predicted octanol–water partition coefficient (Wildman–Crippen LogP) is 2.23. The number of hydrogen-bond donors (Lipinski definition) is 2. The van der Waals surface area contributed by atoms with Crippen molar-refractivity contribution < 1.29 is 4.79 Å². The van der Waals surface area contributed by atoms with Crippen LogP contribution in [-0.2, 0) is 6.54 Å². The Balaban J connectivity index is 2.53. The Kier molecular flexibility index (Phi) is 4.93. The summed E-state index contributed by atoms with van der Waals surface area (Å²) < 4.78 is 1.66. The minimum Gasteiger partial charge on any atom is -0.307 e. The van der Waals surface area contributed by atoms with Gasteiger partial charge < -0.3 is 4.57 Å². The van der Waals surface area contributed by atoms with Crippen molar-refractivity contribution in [1.82, 2.24) is 9.99 Å². The Hall–Kier alpha value is -1.92. The predicted molar refractivity (Wildman–Crippen MR) is 85.1 cm³/mol. The maximum absolute atomic E-state index is 12.5. The largest absolute Gasteiger partial charge is 0.307 e. The van der Waals surface area contributed by atoms with Crippen LogP contribution in [0.4, 0.5) is 0 Å². The molecule has 0 aliphatic carbocycles. The van der Waals surface area contributed by atoms with Crippen LogP contribution in [0.25, 0.3) is 10.6 Å². The molecule has 0 saturated carbocycles. The molecule has 2 heterocycles. The summed E-state index contributed by atoms with van der Waals surface area (Å²) in [5.74, 6) is 5.05. The quantitative estimate of drug-likeness (QED) is 0.505. The fraction of sp³-hybridized carbons (Fsp3) is 0.333. The number of nitrogens with two attached hydrogens (primary N) is 1. The minimum atomic E-state index is -0.559. The van der Waals surface area contributed by atoms with Crippen LogP contribution in [0.2, 0.25) is 0 Å². The molecule has 3 N–H and O–H groups in total. The highest BCUT2D eigenvalue weighted by atomic mass is 32.1. The van der Waals surface area contributed by atoms with Gasteiger partial charge in [0.1, 0.15) is 5.56 Å². The molecule has 0 spiro atoms. The summed E-state index contributed by atoms with van der Waals surface area (Å²) in [7, 11) is 0. The molecule has 1 amide bonds. The van der Waals surface area contributed by atoms with Gasteiger partial charge in [0.15, 0.2) is 0 Å². The monoisotopic (exact) mass is 305 g/mol.